The summed E-state index contributed by atoms with van der Waals surface area (Å²) in [4.78, 5) is 24.2. The first-order chi connectivity index (χ1) is 10.0. The first kappa shape index (κ1) is 14.9. The number of nitrogens with zero attached hydrogens (tertiary/aromatic N) is 1. The molecule has 6 nitrogen and oxygen atoms in total. The molecule has 1 heterocycles. The molecule has 0 radical (unpaired) electrons. The predicted molar refractivity (Wildman–Crippen MR) is 76.4 cm³/mol. The van der Waals surface area contributed by atoms with E-state index in [-0.39, 0.29) is 18.9 Å². The van der Waals surface area contributed by atoms with Gasteiger partial charge in [-0.05, 0) is 19.1 Å². The Balaban J connectivity index is 2.19. The fourth-order valence-corrected chi connectivity index (χ4v) is 2.14. The molecule has 0 fully saturated rings. The highest BCUT2D eigenvalue weighted by Crippen LogP contribution is 2.26. The number of carbonyl (C=O) groups is 2. The highest BCUT2D eigenvalue weighted by Gasteiger charge is 2.17. The van der Waals surface area contributed by atoms with Crippen molar-refractivity contribution < 1.29 is 23.8 Å². The molecule has 0 bridgehead atoms. The van der Waals surface area contributed by atoms with Gasteiger partial charge in [0.15, 0.2) is 0 Å². The Hall–Kier alpha value is -2.50. The number of ether oxygens (including phenoxy) is 1. The van der Waals surface area contributed by atoms with Crippen molar-refractivity contribution in [2.75, 3.05) is 20.2 Å². The van der Waals surface area contributed by atoms with Crippen LogP contribution in [0.4, 0.5) is 0 Å². The average Bonchev–Trinajstić information content (AvgIpc) is 2.86. The van der Waals surface area contributed by atoms with Crippen molar-refractivity contribution in [3.05, 3.63) is 30.0 Å². The Morgan fingerprint density at radius 2 is 2.14 bits per heavy atom. The monoisotopic (exact) mass is 291 g/mol. The molecule has 1 amide bonds. The average molecular weight is 291 g/mol. The predicted octanol–water partition coefficient (Wildman–Crippen LogP) is 1.92. The maximum absolute atomic E-state index is 12.1. The Morgan fingerprint density at radius 3 is 2.76 bits per heavy atom. The zero-order valence-corrected chi connectivity index (χ0v) is 12.0. The molecule has 112 valence electrons. The second kappa shape index (κ2) is 6.30. The van der Waals surface area contributed by atoms with E-state index in [1.807, 2.05) is 6.07 Å². The van der Waals surface area contributed by atoms with Crippen LogP contribution in [0.2, 0.25) is 0 Å². The Labute approximate surface area is 121 Å². The highest BCUT2D eigenvalue weighted by atomic mass is 16.5. The van der Waals surface area contributed by atoms with Crippen LogP contribution in [0.15, 0.2) is 28.9 Å². The summed E-state index contributed by atoms with van der Waals surface area (Å²) < 4.78 is 10.5. The van der Waals surface area contributed by atoms with Crippen molar-refractivity contribution >= 4 is 22.8 Å². The first-order valence-electron chi connectivity index (χ1n) is 6.58. The number of benzene rings is 1. The lowest BCUT2D eigenvalue weighted by Crippen LogP contribution is -2.36. The minimum absolute atomic E-state index is 0.112. The summed E-state index contributed by atoms with van der Waals surface area (Å²) >= 11 is 0. The minimum Gasteiger partial charge on any atom is -0.497 e. The molecule has 2 rings (SSSR count). The number of carbonyl (C=O) groups excluding carboxylic acids is 1. The molecule has 0 saturated heterocycles. The molecular weight excluding hydrogens is 274 g/mol. The van der Waals surface area contributed by atoms with E-state index in [1.54, 1.807) is 26.2 Å². The van der Waals surface area contributed by atoms with Crippen molar-refractivity contribution in [1.82, 2.24) is 4.90 Å². The number of fused-ring (bicyclic) bond motifs is 1. The number of carboxylic acids is 1. The molecule has 0 aliphatic carbocycles. The summed E-state index contributed by atoms with van der Waals surface area (Å²) in [6.45, 7) is 1.81. The second-order valence-corrected chi connectivity index (χ2v) is 4.60. The van der Waals surface area contributed by atoms with Crippen LogP contribution >= 0.6 is 0 Å². The Morgan fingerprint density at radius 1 is 1.38 bits per heavy atom. The van der Waals surface area contributed by atoms with Gasteiger partial charge in [0.2, 0.25) is 5.91 Å². The lowest BCUT2D eigenvalue weighted by molar-refractivity contribution is -0.144. The highest BCUT2D eigenvalue weighted by molar-refractivity contribution is 5.89. The van der Waals surface area contributed by atoms with Crippen LogP contribution in [-0.2, 0) is 16.0 Å². The summed E-state index contributed by atoms with van der Waals surface area (Å²) in [5.41, 5.74) is 1.37. The number of likely N-dealkylation sites (N-methyl/N-ethyl adjacent to an activating group) is 1. The molecular formula is C15H17NO5. The molecule has 1 aromatic carbocycles. The van der Waals surface area contributed by atoms with Gasteiger partial charge >= 0.3 is 5.97 Å². The van der Waals surface area contributed by atoms with E-state index in [1.165, 1.54) is 11.2 Å². The summed E-state index contributed by atoms with van der Waals surface area (Å²) in [6.07, 6.45) is 1.64. The number of amides is 1. The van der Waals surface area contributed by atoms with Gasteiger partial charge in [0.25, 0.3) is 0 Å². The summed E-state index contributed by atoms with van der Waals surface area (Å²) in [7, 11) is 1.57. The topological polar surface area (TPSA) is 80.0 Å². The van der Waals surface area contributed by atoms with Gasteiger partial charge < -0.3 is 19.2 Å². The van der Waals surface area contributed by atoms with Crippen LogP contribution < -0.4 is 4.74 Å². The number of furan rings is 1. The fourth-order valence-electron chi connectivity index (χ4n) is 2.14. The molecule has 0 saturated carbocycles. The molecule has 21 heavy (non-hydrogen) atoms. The van der Waals surface area contributed by atoms with E-state index in [4.69, 9.17) is 14.3 Å². The quantitative estimate of drug-likeness (QED) is 0.879. The van der Waals surface area contributed by atoms with Crippen LogP contribution in [-0.4, -0.2) is 42.1 Å². The first-order valence-corrected chi connectivity index (χ1v) is 6.58. The van der Waals surface area contributed by atoms with Gasteiger partial charge in [-0.2, -0.15) is 0 Å². The smallest absolute Gasteiger partial charge is 0.323 e. The minimum atomic E-state index is -1.02. The number of methoxy groups -OCH3 is 1. The zero-order chi connectivity index (χ0) is 15.4. The molecule has 1 N–H and O–H groups in total. The third-order valence-corrected chi connectivity index (χ3v) is 3.27. The molecule has 0 unspecified atom stereocenters. The lowest BCUT2D eigenvalue weighted by Gasteiger charge is -2.18. The van der Waals surface area contributed by atoms with Crippen molar-refractivity contribution in [3.8, 4) is 5.75 Å². The van der Waals surface area contributed by atoms with Crippen molar-refractivity contribution in [3.63, 3.8) is 0 Å². The maximum atomic E-state index is 12.1. The number of aliphatic carboxylic acids is 1. The standard InChI is InChI=1S/C15H17NO5/c1-3-16(8-15(18)19)14(17)6-10-9-21-13-7-11(20-2)4-5-12(10)13/h4-5,7,9H,3,6,8H2,1-2H3,(H,18,19). The van der Waals surface area contributed by atoms with E-state index in [2.05, 4.69) is 0 Å². The normalized spacial score (nSPS) is 10.6. The molecule has 0 aliphatic heterocycles. The van der Waals surface area contributed by atoms with Gasteiger partial charge in [0.05, 0.1) is 19.8 Å². The van der Waals surface area contributed by atoms with Crippen LogP contribution in [0, 0.1) is 0 Å². The SMILES string of the molecule is CCN(CC(=O)O)C(=O)Cc1coc2cc(OC)ccc12. The zero-order valence-electron chi connectivity index (χ0n) is 12.0. The van der Waals surface area contributed by atoms with E-state index < -0.39 is 5.97 Å². The third-order valence-electron chi connectivity index (χ3n) is 3.27. The number of hydrogen-bond acceptors (Lipinski definition) is 4. The molecule has 1 aromatic heterocycles. The van der Waals surface area contributed by atoms with Crippen molar-refractivity contribution in [2.24, 2.45) is 0 Å². The Bertz CT molecular complexity index is 661. The largest absolute Gasteiger partial charge is 0.497 e. The number of carboxylic acid groups (broad SMARTS) is 1. The molecule has 0 atom stereocenters. The molecule has 0 spiro atoms. The molecule has 2 aromatic rings. The van der Waals surface area contributed by atoms with E-state index in [0.717, 1.165) is 10.9 Å². The summed E-state index contributed by atoms with van der Waals surface area (Å²) in [5, 5.41) is 9.62. The van der Waals surface area contributed by atoms with E-state index in [0.29, 0.717) is 17.9 Å². The third kappa shape index (κ3) is 3.34. The molecule has 6 heteroatoms. The van der Waals surface area contributed by atoms with Crippen LogP contribution in [0.3, 0.4) is 0 Å². The van der Waals surface area contributed by atoms with E-state index in [9.17, 15) is 9.59 Å². The van der Waals surface area contributed by atoms with Crippen LogP contribution in [0.5, 0.6) is 5.75 Å². The lowest BCUT2D eigenvalue weighted by atomic mass is 10.1. The maximum Gasteiger partial charge on any atom is 0.323 e. The molecule has 0 aliphatic rings. The van der Waals surface area contributed by atoms with Crippen molar-refractivity contribution in [1.29, 1.82) is 0 Å². The van der Waals surface area contributed by atoms with Gasteiger partial charge in [-0.25, -0.2) is 0 Å². The number of hydrogen-bond donors (Lipinski definition) is 1. The van der Waals surface area contributed by atoms with Crippen LogP contribution in [0.1, 0.15) is 12.5 Å². The Kier molecular flexibility index (Phi) is 4.47. The summed E-state index contributed by atoms with van der Waals surface area (Å²) in [5.74, 6) is -0.582. The van der Waals surface area contributed by atoms with Crippen molar-refractivity contribution in [2.45, 2.75) is 13.3 Å². The summed E-state index contributed by atoms with van der Waals surface area (Å²) in [6, 6.07) is 5.37. The van der Waals surface area contributed by atoms with Gasteiger partial charge in [-0.3, -0.25) is 9.59 Å². The van der Waals surface area contributed by atoms with E-state index >= 15 is 0 Å². The van der Waals surface area contributed by atoms with Gasteiger partial charge in [-0.1, -0.05) is 0 Å². The van der Waals surface area contributed by atoms with Gasteiger partial charge in [-0.15, -0.1) is 0 Å². The van der Waals surface area contributed by atoms with Gasteiger partial charge in [0, 0.05) is 23.6 Å². The van der Waals surface area contributed by atoms with Gasteiger partial charge in [0.1, 0.15) is 17.9 Å². The fraction of sp³-hybridized carbons (Fsp3) is 0.333. The second-order valence-electron chi connectivity index (χ2n) is 4.60. The van der Waals surface area contributed by atoms with Crippen LogP contribution in [0.25, 0.3) is 11.0 Å². The number of rotatable bonds is 6.